The van der Waals surface area contributed by atoms with Crippen molar-refractivity contribution in [2.45, 2.75) is 0 Å². The van der Waals surface area contributed by atoms with Gasteiger partial charge in [-0.05, 0) is 12.1 Å². The van der Waals surface area contributed by atoms with Gasteiger partial charge in [0.15, 0.2) is 0 Å². The Morgan fingerprint density at radius 1 is 0.846 bits per heavy atom. The van der Waals surface area contributed by atoms with Crippen molar-refractivity contribution in [3.05, 3.63) is 36.9 Å². The molecule has 0 N–H and O–H groups in total. The van der Waals surface area contributed by atoms with Gasteiger partial charge in [0.1, 0.15) is 0 Å². The van der Waals surface area contributed by atoms with Crippen molar-refractivity contribution in [1.82, 2.24) is 19.6 Å². The molecule has 0 fully saturated rings. The molecular formula is C8H12N4Ru+3. The maximum absolute atomic E-state index is 3.83. The summed E-state index contributed by atoms with van der Waals surface area (Å²) >= 11 is 0. The van der Waals surface area contributed by atoms with Crippen molar-refractivity contribution < 1.29 is 19.5 Å². The number of aromatic nitrogens is 4. The van der Waals surface area contributed by atoms with Crippen molar-refractivity contribution in [3.8, 4) is 0 Å². The van der Waals surface area contributed by atoms with E-state index in [0.717, 1.165) is 0 Å². The Morgan fingerprint density at radius 3 is 1.31 bits per heavy atom. The third-order valence-corrected chi connectivity index (χ3v) is 1.27. The summed E-state index contributed by atoms with van der Waals surface area (Å²) < 4.78 is 3.50. The van der Waals surface area contributed by atoms with Crippen LogP contribution in [0.2, 0.25) is 0 Å². The fourth-order valence-electron chi connectivity index (χ4n) is 0.690. The van der Waals surface area contributed by atoms with E-state index >= 15 is 0 Å². The molecule has 2 aromatic rings. The molecule has 1 radical (unpaired) electrons. The summed E-state index contributed by atoms with van der Waals surface area (Å²) in [5.74, 6) is 0. The van der Waals surface area contributed by atoms with Crippen LogP contribution in [-0.2, 0) is 33.6 Å². The van der Waals surface area contributed by atoms with E-state index in [9.17, 15) is 0 Å². The SMILES string of the molecule is Cn1cccn1.Cn1cccn1.[Ru+3]. The van der Waals surface area contributed by atoms with Crippen LogP contribution in [0.3, 0.4) is 0 Å². The van der Waals surface area contributed by atoms with Crippen molar-refractivity contribution in [1.29, 1.82) is 0 Å². The summed E-state index contributed by atoms with van der Waals surface area (Å²) in [4.78, 5) is 0. The molecule has 0 aliphatic heterocycles. The second-order valence-corrected chi connectivity index (χ2v) is 2.36. The summed E-state index contributed by atoms with van der Waals surface area (Å²) in [6, 6.07) is 3.78. The minimum Gasteiger partial charge on any atom is -0.276 e. The van der Waals surface area contributed by atoms with Gasteiger partial charge in [0.25, 0.3) is 0 Å². The quantitative estimate of drug-likeness (QED) is 0.662. The van der Waals surface area contributed by atoms with Crippen molar-refractivity contribution in [3.63, 3.8) is 0 Å². The molecule has 2 heterocycles. The van der Waals surface area contributed by atoms with Crippen LogP contribution >= 0.6 is 0 Å². The van der Waals surface area contributed by atoms with E-state index in [1.807, 2.05) is 38.6 Å². The Kier molecular flexibility index (Phi) is 6.07. The Balaban J connectivity index is 0.000000206. The van der Waals surface area contributed by atoms with E-state index in [1.165, 1.54) is 0 Å². The number of rotatable bonds is 0. The summed E-state index contributed by atoms with van der Waals surface area (Å²) in [6.45, 7) is 0. The van der Waals surface area contributed by atoms with Gasteiger partial charge >= 0.3 is 19.5 Å². The van der Waals surface area contributed by atoms with Gasteiger partial charge in [-0.1, -0.05) is 0 Å². The third-order valence-electron chi connectivity index (χ3n) is 1.27. The van der Waals surface area contributed by atoms with Crippen LogP contribution in [0.5, 0.6) is 0 Å². The van der Waals surface area contributed by atoms with E-state index in [4.69, 9.17) is 0 Å². The zero-order chi connectivity index (χ0) is 8.81. The predicted octanol–water partition coefficient (Wildman–Crippen LogP) is 0.838. The molecule has 0 saturated carbocycles. The molecule has 0 bridgehead atoms. The molecular weight excluding hydrogens is 253 g/mol. The molecule has 2 aromatic heterocycles. The fraction of sp³-hybridized carbons (Fsp3) is 0.250. The zero-order valence-electron chi connectivity index (χ0n) is 7.61. The molecule has 0 unspecified atom stereocenters. The molecule has 0 aliphatic rings. The number of aryl methyl sites for hydroxylation is 2. The van der Waals surface area contributed by atoms with E-state index in [1.54, 1.807) is 21.8 Å². The van der Waals surface area contributed by atoms with Crippen LogP contribution in [0, 0.1) is 0 Å². The number of hydrogen-bond donors (Lipinski definition) is 0. The van der Waals surface area contributed by atoms with E-state index in [2.05, 4.69) is 10.2 Å². The van der Waals surface area contributed by atoms with Crippen LogP contribution in [0.25, 0.3) is 0 Å². The fourth-order valence-corrected chi connectivity index (χ4v) is 0.690. The van der Waals surface area contributed by atoms with Gasteiger partial charge in [-0.25, -0.2) is 0 Å². The van der Waals surface area contributed by atoms with Gasteiger partial charge in [0.05, 0.1) is 0 Å². The maximum Gasteiger partial charge on any atom is 3.00 e. The molecule has 69 valence electrons. The summed E-state index contributed by atoms with van der Waals surface area (Å²) in [5, 5.41) is 7.67. The van der Waals surface area contributed by atoms with Crippen LogP contribution in [0.1, 0.15) is 0 Å². The largest absolute Gasteiger partial charge is 3.00 e. The second-order valence-electron chi connectivity index (χ2n) is 2.36. The van der Waals surface area contributed by atoms with Crippen LogP contribution in [0.4, 0.5) is 0 Å². The van der Waals surface area contributed by atoms with Gasteiger partial charge in [0.2, 0.25) is 0 Å². The minimum atomic E-state index is 0. The third kappa shape index (κ3) is 5.31. The molecule has 0 aromatic carbocycles. The molecule has 5 heteroatoms. The van der Waals surface area contributed by atoms with Crippen LogP contribution < -0.4 is 0 Å². The van der Waals surface area contributed by atoms with Crippen LogP contribution in [0.15, 0.2) is 36.9 Å². The molecule has 4 nitrogen and oxygen atoms in total. The summed E-state index contributed by atoms with van der Waals surface area (Å²) in [7, 11) is 3.78. The average Bonchev–Trinajstić information content (AvgIpc) is 2.63. The first-order chi connectivity index (χ1) is 5.79. The van der Waals surface area contributed by atoms with Gasteiger partial charge in [-0.3, -0.25) is 9.36 Å². The zero-order valence-corrected chi connectivity index (χ0v) is 9.34. The Bertz CT molecular complexity index is 256. The van der Waals surface area contributed by atoms with Crippen LogP contribution in [-0.4, -0.2) is 19.6 Å². The van der Waals surface area contributed by atoms with E-state index < -0.39 is 0 Å². The summed E-state index contributed by atoms with van der Waals surface area (Å²) in [6.07, 6.45) is 7.28. The van der Waals surface area contributed by atoms with Crippen molar-refractivity contribution >= 4 is 0 Å². The first kappa shape index (κ1) is 12.0. The first-order valence-corrected chi connectivity index (χ1v) is 3.66. The molecule has 13 heavy (non-hydrogen) atoms. The monoisotopic (exact) mass is 266 g/mol. The van der Waals surface area contributed by atoms with Gasteiger partial charge in [0, 0.05) is 38.9 Å². The van der Waals surface area contributed by atoms with Crippen molar-refractivity contribution in [2.24, 2.45) is 14.1 Å². The molecule has 0 atom stereocenters. The standard InChI is InChI=1S/2C4H6N2.Ru/c2*1-6-4-2-3-5-6;/h2*2-4H,1H3;/q;;+3. The van der Waals surface area contributed by atoms with Gasteiger partial charge in [-0.15, -0.1) is 0 Å². The maximum atomic E-state index is 3.83. The van der Waals surface area contributed by atoms with Crippen molar-refractivity contribution in [2.75, 3.05) is 0 Å². The Hall–Kier alpha value is -0.957. The normalized spacial score (nSPS) is 8.15. The smallest absolute Gasteiger partial charge is 0.276 e. The minimum absolute atomic E-state index is 0. The topological polar surface area (TPSA) is 35.6 Å². The molecule has 0 aliphatic carbocycles. The molecule has 0 saturated heterocycles. The molecule has 0 spiro atoms. The Labute approximate surface area is 90.3 Å². The second kappa shape index (κ2) is 6.55. The number of nitrogens with zero attached hydrogens (tertiary/aromatic N) is 4. The summed E-state index contributed by atoms with van der Waals surface area (Å²) in [5.41, 5.74) is 0. The van der Waals surface area contributed by atoms with Gasteiger partial charge < -0.3 is 0 Å². The molecule has 0 amide bonds. The molecule has 2 rings (SSSR count). The first-order valence-electron chi connectivity index (χ1n) is 3.66. The average molecular weight is 265 g/mol. The van der Waals surface area contributed by atoms with E-state index in [-0.39, 0.29) is 19.5 Å². The Morgan fingerprint density at radius 2 is 1.23 bits per heavy atom. The van der Waals surface area contributed by atoms with Gasteiger partial charge in [-0.2, -0.15) is 10.2 Å². The predicted molar refractivity (Wildman–Crippen MR) is 46.4 cm³/mol. The van der Waals surface area contributed by atoms with E-state index in [0.29, 0.717) is 0 Å². The number of hydrogen-bond acceptors (Lipinski definition) is 2.